The van der Waals surface area contributed by atoms with Crippen molar-refractivity contribution in [1.29, 1.82) is 5.26 Å². The van der Waals surface area contributed by atoms with Crippen molar-refractivity contribution in [1.82, 2.24) is 0 Å². The van der Waals surface area contributed by atoms with Gasteiger partial charge in [0.2, 0.25) is 0 Å². The van der Waals surface area contributed by atoms with E-state index in [4.69, 9.17) is 5.26 Å². The fourth-order valence-electron chi connectivity index (χ4n) is 0.130. The van der Waals surface area contributed by atoms with Gasteiger partial charge in [-0.25, -0.2) is 4.79 Å². The summed E-state index contributed by atoms with van der Waals surface area (Å²) in [6.45, 7) is 0. The SMILES string of the molecule is N#C/C=C/C=C=O. The first-order valence-electron chi connectivity index (χ1n) is 1.67. The van der Waals surface area contributed by atoms with Crippen LogP contribution in [0.5, 0.6) is 0 Å². The number of carbonyl (C=O) groups excluding carboxylic acids is 1. The fourth-order valence-corrected chi connectivity index (χ4v) is 0.130. The molecular formula is C5H3NO. The van der Waals surface area contributed by atoms with Crippen molar-refractivity contribution in [2.24, 2.45) is 0 Å². The zero-order valence-corrected chi connectivity index (χ0v) is 3.59. The minimum absolute atomic E-state index is 1.13. The smallest absolute Gasteiger partial charge is 0.124 e. The Morgan fingerprint density at radius 1 is 1.57 bits per heavy atom. The highest BCUT2D eigenvalue weighted by molar-refractivity contribution is 5.49. The molecule has 0 fully saturated rings. The Bertz CT molecular complexity index is 146. The molecule has 2 heteroatoms. The second-order valence-corrected chi connectivity index (χ2v) is 0.773. The van der Waals surface area contributed by atoms with Crippen molar-refractivity contribution in [2.75, 3.05) is 0 Å². The Morgan fingerprint density at radius 3 is 2.71 bits per heavy atom. The molecule has 0 aliphatic rings. The van der Waals surface area contributed by atoms with Crippen LogP contribution in [0.2, 0.25) is 0 Å². The maximum absolute atomic E-state index is 9.34. The van der Waals surface area contributed by atoms with Crippen molar-refractivity contribution in [2.45, 2.75) is 0 Å². The average Bonchev–Trinajstić information content (AvgIpc) is 1.69. The second-order valence-electron chi connectivity index (χ2n) is 0.773. The first-order valence-corrected chi connectivity index (χ1v) is 1.67. The molecular weight excluding hydrogens is 90.1 g/mol. The van der Waals surface area contributed by atoms with Gasteiger partial charge in [-0.05, 0) is 6.08 Å². The van der Waals surface area contributed by atoms with E-state index in [1.165, 1.54) is 18.1 Å². The molecule has 0 aliphatic carbocycles. The molecule has 0 rings (SSSR count). The molecule has 0 radical (unpaired) electrons. The quantitative estimate of drug-likeness (QED) is 0.268. The Balaban J connectivity index is 3.54. The normalized spacial score (nSPS) is 7.29. The van der Waals surface area contributed by atoms with Crippen molar-refractivity contribution in [3.8, 4) is 6.07 Å². The molecule has 0 heterocycles. The number of nitrogens with zero attached hydrogens (tertiary/aromatic N) is 1. The van der Waals surface area contributed by atoms with E-state index < -0.39 is 0 Å². The minimum atomic E-state index is 1.13. The van der Waals surface area contributed by atoms with Crippen LogP contribution in [-0.2, 0) is 4.79 Å². The van der Waals surface area contributed by atoms with Crippen LogP contribution < -0.4 is 0 Å². The van der Waals surface area contributed by atoms with Crippen LogP contribution in [0.3, 0.4) is 0 Å². The lowest BCUT2D eigenvalue weighted by Gasteiger charge is -1.52. The zero-order chi connectivity index (χ0) is 5.54. The first-order chi connectivity index (χ1) is 3.41. The van der Waals surface area contributed by atoms with Gasteiger partial charge in [0.1, 0.15) is 5.94 Å². The molecule has 34 valence electrons. The molecule has 0 saturated carbocycles. The highest BCUT2D eigenvalue weighted by Crippen LogP contribution is 1.64. The number of hydrogen-bond acceptors (Lipinski definition) is 2. The molecule has 0 N–H and O–H groups in total. The summed E-state index contributed by atoms with van der Waals surface area (Å²) >= 11 is 0. The molecule has 2 nitrogen and oxygen atoms in total. The molecule has 0 unspecified atom stereocenters. The second kappa shape index (κ2) is 4.68. The van der Waals surface area contributed by atoms with Crippen LogP contribution in [-0.4, -0.2) is 5.94 Å². The average molecular weight is 93.1 g/mol. The van der Waals surface area contributed by atoms with Crippen molar-refractivity contribution >= 4 is 5.94 Å². The Kier molecular flexibility index (Phi) is 3.80. The van der Waals surface area contributed by atoms with E-state index in [9.17, 15) is 4.79 Å². The van der Waals surface area contributed by atoms with E-state index in [0.29, 0.717) is 0 Å². The lowest BCUT2D eigenvalue weighted by molar-refractivity contribution is 0.569. The van der Waals surface area contributed by atoms with Gasteiger partial charge in [-0.3, -0.25) is 0 Å². The third-order valence-electron chi connectivity index (χ3n) is 0.335. The van der Waals surface area contributed by atoms with Crippen molar-refractivity contribution in [3.05, 3.63) is 18.2 Å². The molecule has 7 heavy (non-hydrogen) atoms. The van der Waals surface area contributed by atoms with Gasteiger partial charge in [0.05, 0.1) is 6.07 Å². The number of hydrogen-bond donors (Lipinski definition) is 0. The van der Waals surface area contributed by atoms with E-state index in [1.807, 2.05) is 0 Å². The van der Waals surface area contributed by atoms with Crippen LogP contribution in [0.25, 0.3) is 0 Å². The van der Waals surface area contributed by atoms with E-state index in [1.54, 1.807) is 6.07 Å². The van der Waals surface area contributed by atoms with E-state index in [2.05, 4.69) is 0 Å². The van der Waals surface area contributed by atoms with Gasteiger partial charge in [0.15, 0.2) is 0 Å². The van der Waals surface area contributed by atoms with Gasteiger partial charge >= 0.3 is 0 Å². The lowest BCUT2D eigenvalue weighted by Crippen LogP contribution is -1.46. The maximum atomic E-state index is 9.34. The van der Waals surface area contributed by atoms with Gasteiger partial charge in [0, 0.05) is 12.2 Å². The number of allylic oxidation sites excluding steroid dienone is 3. The van der Waals surface area contributed by atoms with E-state index in [0.717, 1.165) is 6.08 Å². The van der Waals surface area contributed by atoms with E-state index >= 15 is 0 Å². The summed E-state index contributed by atoms with van der Waals surface area (Å²) in [5.74, 6) is 1.49. The van der Waals surface area contributed by atoms with Crippen LogP contribution in [0.15, 0.2) is 18.2 Å². The van der Waals surface area contributed by atoms with Crippen LogP contribution in [0.1, 0.15) is 0 Å². The topological polar surface area (TPSA) is 40.9 Å². The molecule has 0 aromatic rings. The highest BCUT2D eigenvalue weighted by Gasteiger charge is 1.55. The Morgan fingerprint density at radius 2 is 2.29 bits per heavy atom. The zero-order valence-electron chi connectivity index (χ0n) is 3.59. The van der Waals surface area contributed by atoms with Crippen LogP contribution in [0, 0.1) is 11.3 Å². The highest BCUT2D eigenvalue weighted by atomic mass is 16.1. The summed E-state index contributed by atoms with van der Waals surface area (Å²) in [4.78, 5) is 9.34. The molecule has 0 amide bonds. The molecule has 0 bridgehead atoms. The summed E-state index contributed by atoms with van der Waals surface area (Å²) < 4.78 is 0. The van der Waals surface area contributed by atoms with Gasteiger partial charge in [-0.15, -0.1) is 0 Å². The van der Waals surface area contributed by atoms with Gasteiger partial charge in [-0.2, -0.15) is 5.26 Å². The summed E-state index contributed by atoms with van der Waals surface area (Å²) in [5.41, 5.74) is 0. The van der Waals surface area contributed by atoms with Crippen LogP contribution in [0.4, 0.5) is 0 Å². The van der Waals surface area contributed by atoms with Crippen molar-refractivity contribution in [3.63, 3.8) is 0 Å². The predicted octanol–water partition coefficient (Wildman–Crippen LogP) is 0.454. The van der Waals surface area contributed by atoms with Gasteiger partial charge in [0.25, 0.3) is 0 Å². The number of nitriles is 1. The molecule has 0 aromatic carbocycles. The Hall–Kier alpha value is -1.32. The van der Waals surface area contributed by atoms with Crippen molar-refractivity contribution < 1.29 is 4.79 Å². The van der Waals surface area contributed by atoms with Gasteiger partial charge in [-0.1, -0.05) is 0 Å². The summed E-state index contributed by atoms with van der Waals surface area (Å²) in [5, 5.41) is 7.81. The monoisotopic (exact) mass is 93.0 g/mol. The van der Waals surface area contributed by atoms with E-state index in [-0.39, 0.29) is 0 Å². The van der Waals surface area contributed by atoms with Gasteiger partial charge < -0.3 is 0 Å². The summed E-state index contributed by atoms with van der Waals surface area (Å²) in [7, 11) is 0. The molecule has 0 spiro atoms. The summed E-state index contributed by atoms with van der Waals surface area (Å²) in [6, 6.07) is 1.71. The predicted molar refractivity (Wildman–Crippen MR) is 25.0 cm³/mol. The molecule has 0 saturated heterocycles. The summed E-state index contributed by atoms with van der Waals surface area (Å²) in [6.07, 6.45) is 3.65. The molecule has 0 aromatic heterocycles. The third-order valence-corrected chi connectivity index (χ3v) is 0.335. The maximum Gasteiger partial charge on any atom is 0.124 e. The number of rotatable bonds is 1. The molecule has 0 aliphatic heterocycles. The standard InChI is InChI=1S/C5H3NO/c6-4-2-1-3-5-7/h1-3H/b2-1+. The Labute approximate surface area is 41.4 Å². The first kappa shape index (κ1) is 5.68. The lowest BCUT2D eigenvalue weighted by atomic mass is 10.5. The van der Waals surface area contributed by atoms with Crippen LogP contribution >= 0.6 is 0 Å². The minimum Gasteiger partial charge on any atom is -0.234 e. The third kappa shape index (κ3) is 4.68. The largest absolute Gasteiger partial charge is 0.234 e. The fraction of sp³-hybridized carbons (Fsp3) is 0. The molecule has 0 atom stereocenters.